The first-order valence-corrected chi connectivity index (χ1v) is 8.43. The van der Waals surface area contributed by atoms with Gasteiger partial charge in [-0.2, -0.15) is 5.10 Å². The van der Waals surface area contributed by atoms with Crippen LogP contribution in [0.15, 0.2) is 30.6 Å². The fraction of sp³-hybridized carbons (Fsp3) is 0.529. The minimum Gasteiger partial charge on any atom is -0.371 e. The van der Waals surface area contributed by atoms with Gasteiger partial charge >= 0.3 is 0 Å². The maximum atomic E-state index is 6.21. The molecule has 2 aliphatic heterocycles. The second-order valence-corrected chi connectivity index (χ2v) is 6.74. The molecule has 2 fully saturated rings. The zero-order valence-electron chi connectivity index (χ0n) is 13.9. The van der Waals surface area contributed by atoms with Crippen LogP contribution < -0.4 is 10.2 Å². The summed E-state index contributed by atoms with van der Waals surface area (Å²) >= 11 is 0. The molecule has 2 saturated heterocycles. The smallest absolute Gasteiger partial charge is 0.222 e. The van der Waals surface area contributed by atoms with Gasteiger partial charge in [0.05, 0.1) is 25.4 Å². The van der Waals surface area contributed by atoms with Crippen molar-refractivity contribution in [1.82, 2.24) is 20.2 Å². The van der Waals surface area contributed by atoms with Crippen molar-refractivity contribution < 1.29 is 4.74 Å². The number of anilines is 2. The first-order chi connectivity index (χ1) is 11.7. The monoisotopic (exact) mass is 326 g/mol. The van der Waals surface area contributed by atoms with Gasteiger partial charge < -0.3 is 15.0 Å². The third-order valence-corrected chi connectivity index (χ3v) is 4.81. The molecule has 2 aromatic rings. The summed E-state index contributed by atoms with van der Waals surface area (Å²) in [6.45, 7) is 5.41. The molecule has 1 spiro atoms. The van der Waals surface area contributed by atoms with Gasteiger partial charge in [-0.3, -0.25) is 0 Å². The molecule has 1 unspecified atom stereocenters. The predicted molar refractivity (Wildman–Crippen MR) is 90.9 cm³/mol. The first kappa shape index (κ1) is 15.3. The Bertz CT molecular complexity index is 661. The minimum atomic E-state index is 0.00626. The lowest BCUT2D eigenvalue weighted by atomic mass is 9.83. The van der Waals surface area contributed by atoms with Gasteiger partial charge in [0.2, 0.25) is 5.95 Å². The SMILES string of the molecule is Cc1ccc(N2CC3(CCC(CNc4ncccn4)CO3)C2)nn1. The third kappa shape index (κ3) is 3.17. The first-order valence-electron chi connectivity index (χ1n) is 8.43. The van der Waals surface area contributed by atoms with Crippen LogP contribution in [-0.4, -0.2) is 52.0 Å². The fourth-order valence-corrected chi connectivity index (χ4v) is 3.33. The van der Waals surface area contributed by atoms with E-state index in [9.17, 15) is 0 Å². The van der Waals surface area contributed by atoms with Crippen LogP contribution in [-0.2, 0) is 4.74 Å². The van der Waals surface area contributed by atoms with E-state index in [0.717, 1.165) is 50.6 Å². The second-order valence-electron chi connectivity index (χ2n) is 6.74. The zero-order valence-corrected chi connectivity index (χ0v) is 13.9. The van der Waals surface area contributed by atoms with E-state index in [2.05, 4.69) is 30.4 Å². The maximum absolute atomic E-state index is 6.21. The molecular weight excluding hydrogens is 304 g/mol. The van der Waals surface area contributed by atoms with Crippen molar-refractivity contribution >= 4 is 11.8 Å². The molecule has 0 aliphatic carbocycles. The highest BCUT2D eigenvalue weighted by Gasteiger charge is 2.47. The van der Waals surface area contributed by atoms with E-state index in [0.29, 0.717) is 11.9 Å². The van der Waals surface area contributed by atoms with E-state index in [-0.39, 0.29) is 5.60 Å². The van der Waals surface area contributed by atoms with E-state index in [4.69, 9.17) is 4.74 Å². The molecule has 1 atom stereocenters. The molecule has 0 saturated carbocycles. The van der Waals surface area contributed by atoms with Gasteiger partial charge in [-0.1, -0.05) is 0 Å². The van der Waals surface area contributed by atoms with Crippen molar-refractivity contribution in [2.45, 2.75) is 25.4 Å². The van der Waals surface area contributed by atoms with E-state index in [1.54, 1.807) is 12.4 Å². The van der Waals surface area contributed by atoms with Crippen LogP contribution in [0.4, 0.5) is 11.8 Å². The summed E-state index contributed by atoms with van der Waals surface area (Å²) in [4.78, 5) is 10.6. The molecule has 1 N–H and O–H groups in total. The van der Waals surface area contributed by atoms with Crippen molar-refractivity contribution in [2.75, 3.05) is 36.5 Å². The normalized spacial score (nSPS) is 22.2. The van der Waals surface area contributed by atoms with E-state index in [1.807, 2.05) is 25.1 Å². The standard InChI is InChI=1S/C17H22N6O/c1-13-3-4-15(22-21-13)23-11-17(12-23)6-5-14(10-24-17)9-20-16-18-7-2-8-19-16/h2-4,7-8,14H,5-6,9-12H2,1H3,(H,18,19,20). The van der Waals surface area contributed by atoms with Gasteiger partial charge in [0.15, 0.2) is 5.82 Å². The van der Waals surface area contributed by atoms with Gasteiger partial charge in [-0.05, 0) is 43.9 Å². The molecule has 126 valence electrons. The molecule has 2 aliphatic rings. The van der Waals surface area contributed by atoms with Gasteiger partial charge in [-0.25, -0.2) is 9.97 Å². The lowest BCUT2D eigenvalue weighted by Crippen LogP contribution is -2.65. The van der Waals surface area contributed by atoms with Crippen LogP contribution in [0.25, 0.3) is 0 Å². The lowest BCUT2D eigenvalue weighted by Gasteiger charge is -2.53. The predicted octanol–water partition coefficient (Wildman–Crippen LogP) is 1.67. The molecule has 0 radical (unpaired) electrons. The molecular formula is C17H22N6O. The topological polar surface area (TPSA) is 76.1 Å². The maximum Gasteiger partial charge on any atom is 0.222 e. The van der Waals surface area contributed by atoms with Crippen LogP contribution in [0.2, 0.25) is 0 Å². The van der Waals surface area contributed by atoms with E-state index >= 15 is 0 Å². The van der Waals surface area contributed by atoms with Crippen LogP contribution >= 0.6 is 0 Å². The van der Waals surface area contributed by atoms with E-state index in [1.165, 1.54) is 0 Å². The van der Waals surface area contributed by atoms with Crippen molar-refractivity contribution in [3.8, 4) is 0 Å². The Morgan fingerprint density at radius 3 is 2.75 bits per heavy atom. The number of hydrogen-bond acceptors (Lipinski definition) is 7. The molecule has 7 heteroatoms. The Hall–Kier alpha value is -2.28. The number of hydrogen-bond donors (Lipinski definition) is 1. The molecule has 24 heavy (non-hydrogen) atoms. The molecule has 2 aromatic heterocycles. The number of nitrogens with one attached hydrogen (secondary N) is 1. The Balaban J connectivity index is 1.24. The Kier molecular flexibility index (Phi) is 4.02. The van der Waals surface area contributed by atoms with Gasteiger partial charge in [0.25, 0.3) is 0 Å². The average Bonchev–Trinajstić information content (AvgIpc) is 2.60. The van der Waals surface area contributed by atoms with Gasteiger partial charge in [-0.15, -0.1) is 5.10 Å². The van der Waals surface area contributed by atoms with Crippen molar-refractivity contribution in [1.29, 1.82) is 0 Å². The summed E-state index contributed by atoms with van der Waals surface area (Å²) in [5.74, 6) is 2.14. The molecule has 0 aromatic carbocycles. The van der Waals surface area contributed by atoms with Gasteiger partial charge in [0.1, 0.15) is 5.60 Å². The molecule has 0 bridgehead atoms. The largest absolute Gasteiger partial charge is 0.371 e. The van der Waals surface area contributed by atoms with Crippen molar-refractivity contribution in [3.63, 3.8) is 0 Å². The number of rotatable bonds is 4. The summed E-state index contributed by atoms with van der Waals surface area (Å²) < 4.78 is 6.21. The lowest BCUT2D eigenvalue weighted by molar-refractivity contribution is -0.113. The number of nitrogens with zero attached hydrogens (tertiary/aromatic N) is 5. The zero-order chi connectivity index (χ0) is 16.4. The summed E-state index contributed by atoms with van der Waals surface area (Å²) in [7, 11) is 0. The summed E-state index contributed by atoms with van der Waals surface area (Å²) in [6, 6.07) is 5.85. The average molecular weight is 326 g/mol. The number of aryl methyl sites for hydroxylation is 1. The molecule has 0 amide bonds. The van der Waals surface area contributed by atoms with Crippen LogP contribution in [0.5, 0.6) is 0 Å². The summed E-state index contributed by atoms with van der Waals surface area (Å²) in [5, 5.41) is 11.7. The van der Waals surface area contributed by atoms with Crippen LogP contribution in [0.3, 0.4) is 0 Å². The van der Waals surface area contributed by atoms with Gasteiger partial charge in [0, 0.05) is 18.9 Å². The molecule has 4 rings (SSSR count). The highest BCUT2D eigenvalue weighted by atomic mass is 16.5. The summed E-state index contributed by atoms with van der Waals surface area (Å²) in [5.41, 5.74) is 0.951. The van der Waals surface area contributed by atoms with E-state index < -0.39 is 0 Å². The minimum absolute atomic E-state index is 0.00626. The number of ether oxygens (including phenoxy) is 1. The highest BCUT2D eigenvalue weighted by Crippen LogP contribution is 2.37. The Labute approximate surface area is 141 Å². The Morgan fingerprint density at radius 2 is 2.08 bits per heavy atom. The van der Waals surface area contributed by atoms with Crippen LogP contribution in [0, 0.1) is 12.8 Å². The third-order valence-electron chi connectivity index (χ3n) is 4.81. The van der Waals surface area contributed by atoms with Crippen molar-refractivity contribution in [3.05, 3.63) is 36.3 Å². The quantitative estimate of drug-likeness (QED) is 0.916. The summed E-state index contributed by atoms with van der Waals surface area (Å²) in [6.07, 6.45) is 5.75. The van der Waals surface area contributed by atoms with Crippen LogP contribution in [0.1, 0.15) is 18.5 Å². The molecule has 7 nitrogen and oxygen atoms in total. The van der Waals surface area contributed by atoms with Crippen molar-refractivity contribution in [2.24, 2.45) is 5.92 Å². The second kappa shape index (κ2) is 6.32. The fourth-order valence-electron chi connectivity index (χ4n) is 3.33. The highest BCUT2D eigenvalue weighted by molar-refractivity contribution is 5.43. The molecule has 4 heterocycles. The Morgan fingerprint density at radius 1 is 1.25 bits per heavy atom. The number of aromatic nitrogens is 4.